The van der Waals surface area contributed by atoms with E-state index in [4.69, 9.17) is 27.9 Å². The Balaban J connectivity index is 1.46. The van der Waals surface area contributed by atoms with Gasteiger partial charge in [0.2, 0.25) is 0 Å². The maximum Gasteiger partial charge on any atom is 0.323 e. The molecule has 0 saturated heterocycles. The first-order chi connectivity index (χ1) is 16.7. The summed E-state index contributed by atoms with van der Waals surface area (Å²) in [7, 11) is 0. The molecule has 182 valence electrons. The lowest BCUT2D eigenvalue weighted by Gasteiger charge is -2.36. The molecule has 1 N–H and O–H groups in total. The number of carboxylic acid groups (broad SMARTS) is 1. The lowest BCUT2D eigenvalue weighted by atomic mass is 9.87. The number of carboxylic acids is 1. The van der Waals surface area contributed by atoms with Gasteiger partial charge >= 0.3 is 5.97 Å². The average Bonchev–Trinajstić information content (AvgIpc) is 2.83. The summed E-state index contributed by atoms with van der Waals surface area (Å²) < 4.78 is 6.37. The number of aliphatic carboxylic acids is 1. The number of carbonyl (C=O) groups is 2. The molecule has 5 nitrogen and oxygen atoms in total. The van der Waals surface area contributed by atoms with Crippen LogP contribution in [0.5, 0.6) is 5.75 Å². The molecule has 1 amide bonds. The molecule has 4 rings (SSSR count). The summed E-state index contributed by atoms with van der Waals surface area (Å²) in [5.41, 5.74) is 3.19. The zero-order valence-corrected chi connectivity index (χ0v) is 21.0. The van der Waals surface area contributed by atoms with Crippen LogP contribution in [0.15, 0.2) is 66.7 Å². The molecule has 0 spiro atoms. The molecule has 35 heavy (non-hydrogen) atoms. The topological polar surface area (TPSA) is 66.8 Å². The van der Waals surface area contributed by atoms with E-state index >= 15 is 0 Å². The Labute approximate surface area is 215 Å². The highest BCUT2D eigenvalue weighted by Gasteiger charge is 2.32. The van der Waals surface area contributed by atoms with Crippen molar-refractivity contribution in [2.75, 3.05) is 13.1 Å². The van der Waals surface area contributed by atoms with Gasteiger partial charge in [0, 0.05) is 28.6 Å². The second kappa shape index (κ2) is 10.7. The van der Waals surface area contributed by atoms with E-state index in [-0.39, 0.29) is 18.1 Å². The Morgan fingerprint density at radius 1 is 0.971 bits per heavy atom. The van der Waals surface area contributed by atoms with E-state index in [9.17, 15) is 14.7 Å². The van der Waals surface area contributed by atoms with Gasteiger partial charge in [0.1, 0.15) is 17.9 Å². The van der Waals surface area contributed by atoms with Crippen LogP contribution in [0.3, 0.4) is 0 Å². The summed E-state index contributed by atoms with van der Waals surface area (Å²) in [6, 6.07) is 20.5. The zero-order chi connectivity index (χ0) is 25.0. The van der Waals surface area contributed by atoms with Crippen LogP contribution in [0.2, 0.25) is 10.0 Å². The highest BCUT2D eigenvalue weighted by Crippen LogP contribution is 2.36. The van der Waals surface area contributed by atoms with Gasteiger partial charge in [-0.15, -0.1) is 0 Å². The largest absolute Gasteiger partial charge is 0.487 e. The summed E-state index contributed by atoms with van der Waals surface area (Å²) in [5.74, 6) is -0.595. The van der Waals surface area contributed by atoms with Gasteiger partial charge in [-0.25, -0.2) is 0 Å². The van der Waals surface area contributed by atoms with E-state index in [0.29, 0.717) is 28.6 Å². The van der Waals surface area contributed by atoms with Crippen LogP contribution in [-0.4, -0.2) is 40.6 Å². The minimum atomic E-state index is -1.05. The highest BCUT2D eigenvalue weighted by atomic mass is 35.5. The molecule has 3 aromatic carbocycles. The molecule has 0 bridgehead atoms. The fourth-order valence-electron chi connectivity index (χ4n) is 4.39. The first kappa shape index (κ1) is 25.1. The van der Waals surface area contributed by atoms with Crippen LogP contribution in [0, 0.1) is 0 Å². The summed E-state index contributed by atoms with van der Waals surface area (Å²) in [6.07, 6.45) is 2.86. The van der Waals surface area contributed by atoms with E-state index in [1.165, 1.54) is 4.90 Å². The molecule has 1 aliphatic rings. The summed E-state index contributed by atoms with van der Waals surface area (Å²) >= 11 is 11.9. The molecule has 1 unspecified atom stereocenters. The lowest BCUT2D eigenvalue weighted by molar-refractivity contribution is -0.137. The second-order valence-electron chi connectivity index (χ2n) is 9.17. The Morgan fingerprint density at radius 3 is 2.23 bits per heavy atom. The minimum absolute atomic E-state index is 0.291. The fraction of sp³-hybridized carbons (Fsp3) is 0.286. The average molecular weight is 512 g/mol. The van der Waals surface area contributed by atoms with Crippen molar-refractivity contribution in [2.45, 2.75) is 38.2 Å². The minimum Gasteiger partial charge on any atom is -0.487 e. The number of aryl methyl sites for hydroxylation is 1. The van der Waals surface area contributed by atoms with Crippen molar-refractivity contribution < 1.29 is 19.4 Å². The van der Waals surface area contributed by atoms with Crippen LogP contribution >= 0.6 is 23.2 Å². The number of amides is 1. The van der Waals surface area contributed by atoms with Crippen LogP contribution < -0.4 is 4.74 Å². The zero-order valence-electron chi connectivity index (χ0n) is 19.5. The Morgan fingerprint density at radius 2 is 1.60 bits per heavy atom. The lowest BCUT2D eigenvalue weighted by Crippen LogP contribution is -2.39. The monoisotopic (exact) mass is 511 g/mol. The van der Waals surface area contributed by atoms with Gasteiger partial charge in [-0.3, -0.25) is 9.59 Å². The van der Waals surface area contributed by atoms with Gasteiger partial charge in [-0.2, -0.15) is 0 Å². The van der Waals surface area contributed by atoms with Crippen molar-refractivity contribution in [1.29, 1.82) is 0 Å². The third kappa shape index (κ3) is 6.56. The first-order valence-corrected chi connectivity index (χ1v) is 12.3. The van der Waals surface area contributed by atoms with E-state index in [1.54, 1.807) is 18.2 Å². The molecule has 1 aliphatic heterocycles. The molecule has 0 aromatic heterocycles. The number of nitrogens with zero attached hydrogens (tertiary/aromatic N) is 1. The van der Waals surface area contributed by atoms with Crippen molar-refractivity contribution in [3.8, 4) is 5.75 Å². The molecular formula is C28H27Cl2NO4. The summed E-state index contributed by atoms with van der Waals surface area (Å²) in [5, 5.41) is 10.7. The number of halogens is 2. The van der Waals surface area contributed by atoms with Gasteiger partial charge in [0.05, 0.1) is 0 Å². The Kier molecular flexibility index (Phi) is 7.68. The molecule has 1 atom stereocenters. The van der Waals surface area contributed by atoms with Crippen LogP contribution in [0.1, 0.15) is 40.4 Å². The predicted octanol–water partition coefficient (Wildman–Crippen LogP) is 6.09. The number of carbonyl (C=O) groups excluding carboxylic acids is 1. The quantitative estimate of drug-likeness (QED) is 0.397. The third-order valence-corrected chi connectivity index (χ3v) is 6.78. The highest BCUT2D eigenvalue weighted by molar-refractivity contribution is 6.30. The first-order valence-electron chi connectivity index (χ1n) is 11.5. The van der Waals surface area contributed by atoms with Gasteiger partial charge in [-0.1, -0.05) is 47.5 Å². The SMILES string of the molecule is CC1(Cc2ccc(Cl)cc2)CCc2cc(C(=O)N(CCc3ccc(Cl)cc3)CC(=O)O)ccc2O1. The van der Waals surface area contributed by atoms with Crippen molar-refractivity contribution in [3.05, 3.63) is 99.0 Å². The standard InChI is InChI=1S/C28H27Cl2NO4/c1-28(17-20-4-9-24(30)10-5-20)14-12-21-16-22(6-11-25(21)35-28)27(34)31(18-26(32)33)15-13-19-2-7-23(29)8-3-19/h2-11,16H,12-15,17-18H2,1H3,(H,32,33). The molecule has 0 aliphatic carbocycles. The number of hydrogen-bond donors (Lipinski definition) is 1. The second-order valence-corrected chi connectivity index (χ2v) is 10.0. The number of benzene rings is 3. The molecule has 1 heterocycles. The predicted molar refractivity (Wildman–Crippen MR) is 138 cm³/mol. The number of rotatable bonds is 8. The van der Waals surface area contributed by atoms with Crippen LogP contribution in [0.25, 0.3) is 0 Å². The molecule has 7 heteroatoms. The van der Waals surface area contributed by atoms with Crippen molar-refractivity contribution >= 4 is 35.1 Å². The molecular weight excluding hydrogens is 485 g/mol. The molecule has 0 fully saturated rings. The van der Waals surface area contributed by atoms with E-state index in [0.717, 1.165) is 41.7 Å². The Bertz CT molecular complexity index is 1210. The number of ether oxygens (including phenoxy) is 1. The summed E-state index contributed by atoms with van der Waals surface area (Å²) in [4.78, 5) is 26.0. The maximum absolute atomic E-state index is 13.2. The fourth-order valence-corrected chi connectivity index (χ4v) is 4.65. The van der Waals surface area contributed by atoms with Crippen LogP contribution in [-0.2, 0) is 24.1 Å². The van der Waals surface area contributed by atoms with E-state index in [1.807, 2.05) is 48.5 Å². The number of hydrogen-bond acceptors (Lipinski definition) is 3. The van der Waals surface area contributed by atoms with Gasteiger partial charge in [-0.05, 0) is 85.3 Å². The molecule has 0 radical (unpaired) electrons. The van der Waals surface area contributed by atoms with Crippen molar-refractivity contribution in [1.82, 2.24) is 4.90 Å². The molecule has 3 aromatic rings. The van der Waals surface area contributed by atoms with E-state index in [2.05, 4.69) is 6.92 Å². The van der Waals surface area contributed by atoms with Crippen LogP contribution in [0.4, 0.5) is 0 Å². The van der Waals surface area contributed by atoms with Gasteiger partial charge in [0.15, 0.2) is 0 Å². The number of fused-ring (bicyclic) bond motifs is 1. The third-order valence-electron chi connectivity index (χ3n) is 6.28. The maximum atomic E-state index is 13.2. The smallest absolute Gasteiger partial charge is 0.323 e. The Hall–Kier alpha value is -3.02. The van der Waals surface area contributed by atoms with E-state index < -0.39 is 5.97 Å². The van der Waals surface area contributed by atoms with Crippen molar-refractivity contribution in [2.24, 2.45) is 0 Å². The van der Waals surface area contributed by atoms with Crippen molar-refractivity contribution in [3.63, 3.8) is 0 Å². The normalized spacial score (nSPS) is 16.8. The van der Waals surface area contributed by atoms with Gasteiger partial charge < -0.3 is 14.7 Å². The molecule has 0 saturated carbocycles. The summed E-state index contributed by atoms with van der Waals surface area (Å²) in [6.45, 7) is 2.02. The van der Waals surface area contributed by atoms with Gasteiger partial charge in [0.25, 0.3) is 5.91 Å².